The van der Waals surface area contributed by atoms with E-state index in [-0.39, 0.29) is 29.8 Å². The molecule has 2 aliphatic rings. The number of carbonyl (C=O) groups excluding carboxylic acids is 1. The quantitative estimate of drug-likeness (QED) is 0.681. The fourth-order valence-corrected chi connectivity index (χ4v) is 4.03. The van der Waals surface area contributed by atoms with E-state index in [1.807, 2.05) is 6.07 Å². The molecule has 31 heavy (non-hydrogen) atoms. The van der Waals surface area contributed by atoms with Gasteiger partial charge in [-0.05, 0) is 55.9 Å². The summed E-state index contributed by atoms with van der Waals surface area (Å²) in [6.07, 6.45) is -0.154. The van der Waals surface area contributed by atoms with Crippen LogP contribution in [0.4, 0.5) is 30.6 Å². The van der Waals surface area contributed by atoms with Gasteiger partial charge in [0.25, 0.3) is 5.91 Å². The summed E-state index contributed by atoms with van der Waals surface area (Å²) in [4.78, 5) is 21.9. The third kappa shape index (κ3) is 4.73. The van der Waals surface area contributed by atoms with Gasteiger partial charge in [-0.25, -0.2) is 4.98 Å². The highest BCUT2D eigenvalue weighted by molar-refractivity contribution is 5.97. The van der Waals surface area contributed by atoms with Crippen LogP contribution in [0, 0.1) is 0 Å². The maximum atomic E-state index is 13.5. The fourth-order valence-electron chi connectivity index (χ4n) is 4.03. The number of nitrogens with two attached hydrogens (primary N) is 1. The van der Waals surface area contributed by atoms with E-state index in [1.54, 1.807) is 24.1 Å². The lowest BCUT2D eigenvalue weighted by Gasteiger charge is -2.28. The fraction of sp³-hybridized carbons (Fsp3) is 0.476. The van der Waals surface area contributed by atoms with Gasteiger partial charge in [-0.3, -0.25) is 4.79 Å². The first kappa shape index (κ1) is 21.4. The number of alkyl halides is 3. The zero-order valence-corrected chi connectivity index (χ0v) is 17.2. The molecule has 1 amide bonds. The molecule has 2 heterocycles. The van der Waals surface area contributed by atoms with Crippen LogP contribution in [0.2, 0.25) is 0 Å². The number of aromatic nitrogens is 2. The predicted octanol–water partition coefficient (Wildman–Crippen LogP) is 3.55. The monoisotopic (exact) mass is 434 g/mol. The highest BCUT2D eigenvalue weighted by atomic mass is 19.4. The van der Waals surface area contributed by atoms with Gasteiger partial charge in [0.15, 0.2) is 0 Å². The maximum absolute atomic E-state index is 13.5. The third-order valence-corrected chi connectivity index (χ3v) is 5.86. The van der Waals surface area contributed by atoms with Crippen LogP contribution in [0.3, 0.4) is 0 Å². The Balaban J connectivity index is 1.57. The Bertz CT molecular complexity index is 972. The Labute approximate surface area is 178 Å². The average molecular weight is 434 g/mol. The Morgan fingerprint density at radius 2 is 1.94 bits per heavy atom. The van der Waals surface area contributed by atoms with Gasteiger partial charge in [0.2, 0.25) is 5.95 Å². The number of anilines is 3. The molecule has 0 unspecified atom stereocenters. The molecule has 10 heteroatoms. The number of hydrogen-bond donors (Lipinski definition) is 3. The lowest BCUT2D eigenvalue weighted by atomic mass is 9.92. The van der Waals surface area contributed by atoms with Crippen molar-refractivity contribution in [1.82, 2.24) is 14.9 Å². The molecule has 4 rings (SSSR count). The third-order valence-electron chi connectivity index (χ3n) is 5.86. The van der Waals surface area contributed by atoms with Crippen molar-refractivity contribution in [1.29, 1.82) is 0 Å². The van der Waals surface area contributed by atoms with Crippen LogP contribution in [0.1, 0.15) is 47.2 Å². The number of nitrogens with zero attached hydrogens (tertiary/aromatic N) is 3. The molecule has 0 bridgehead atoms. The van der Waals surface area contributed by atoms with Gasteiger partial charge in [0, 0.05) is 43.1 Å². The second-order valence-corrected chi connectivity index (χ2v) is 8.18. The molecule has 7 nitrogen and oxygen atoms in total. The maximum Gasteiger partial charge on any atom is 0.421 e. The Morgan fingerprint density at radius 1 is 1.19 bits per heavy atom. The molecule has 1 aliphatic carbocycles. The average Bonchev–Trinajstić information content (AvgIpc) is 2.72. The zero-order valence-electron chi connectivity index (χ0n) is 17.2. The first-order chi connectivity index (χ1) is 14.7. The highest BCUT2D eigenvalue weighted by Crippen LogP contribution is 2.35. The molecular weight excluding hydrogens is 409 g/mol. The number of carbonyl (C=O) groups is 1. The second-order valence-electron chi connectivity index (χ2n) is 8.18. The minimum Gasteiger partial charge on any atom is -0.367 e. The van der Waals surface area contributed by atoms with E-state index in [0.29, 0.717) is 37.1 Å². The van der Waals surface area contributed by atoms with E-state index in [9.17, 15) is 18.0 Å². The predicted molar refractivity (Wildman–Crippen MR) is 111 cm³/mol. The van der Waals surface area contributed by atoms with Crippen LogP contribution < -0.4 is 16.4 Å². The summed E-state index contributed by atoms with van der Waals surface area (Å²) < 4.78 is 40.5. The van der Waals surface area contributed by atoms with Crippen LogP contribution in [0.25, 0.3) is 0 Å². The molecule has 1 saturated carbocycles. The van der Waals surface area contributed by atoms with Crippen molar-refractivity contribution in [3.05, 3.63) is 41.1 Å². The number of likely N-dealkylation sites (N-methyl/N-ethyl adjacent to an activating group) is 1. The molecule has 1 aliphatic heterocycles. The summed E-state index contributed by atoms with van der Waals surface area (Å²) in [5, 5.41) is 5.92. The Kier molecular flexibility index (Phi) is 5.74. The number of rotatable bonds is 4. The largest absolute Gasteiger partial charge is 0.421 e. The van der Waals surface area contributed by atoms with Crippen LogP contribution in [0.5, 0.6) is 0 Å². The van der Waals surface area contributed by atoms with Crippen molar-refractivity contribution in [3.63, 3.8) is 0 Å². The Morgan fingerprint density at radius 3 is 2.65 bits per heavy atom. The lowest BCUT2D eigenvalue weighted by Crippen LogP contribution is -2.34. The van der Waals surface area contributed by atoms with Gasteiger partial charge in [-0.15, -0.1) is 0 Å². The molecule has 4 N–H and O–H groups in total. The molecule has 0 spiro atoms. The molecule has 0 radical (unpaired) electrons. The molecule has 1 fully saturated rings. The number of fused-ring (bicyclic) bond motifs is 1. The van der Waals surface area contributed by atoms with Crippen LogP contribution in [-0.2, 0) is 12.6 Å². The van der Waals surface area contributed by atoms with Crippen molar-refractivity contribution in [2.75, 3.05) is 24.2 Å². The number of hydrogen-bond acceptors (Lipinski definition) is 6. The first-order valence-corrected chi connectivity index (χ1v) is 10.3. The summed E-state index contributed by atoms with van der Waals surface area (Å²) in [6, 6.07) is 5.21. The lowest BCUT2D eigenvalue weighted by molar-refractivity contribution is -0.137. The molecule has 0 saturated heterocycles. The summed E-state index contributed by atoms with van der Waals surface area (Å²) in [7, 11) is 1.75. The van der Waals surface area contributed by atoms with E-state index in [0.717, 1.165) is 24.6 Å². The molecule has 2 aromatic rings. The van der Waals surface area contributed by atoms with Crippen molar-refractivity contribution in [3.8, 4) is 0 Å². The number of nitrogens with one attached hydrogen (secondary N) is 2. The normalized spacial score (nSPS) is 21.6. The van der Waals surface area contributed by atoms with Crippen LogP contribution >= 0.6 is 0 Å². The SMILES string of the molecule is CN1CCc2cc(Nc3ncc(C(F)(F)F)c(NC4CCC(N)CC4)n3)ccc2C1=O. The highest BCUT2D eigenvalue weighted by Gasteiger charge is 2.36. The number of amides is 1. The second kappa shape index (κ2) is 8.33. The topological polar surface area (TPSA) is 96.2 Å². The van der Waals surface area contributed by atoms with E-state index in [4.69, 9.17) is 5.73 Å². The van der Waals surface area contributed by atoms with Crippen molar-refractivity contribution in [2.24, 2.45) is 5.73 Å². The van der Waals surface area contributed by atoms with Gasteiger partial charge in [0.1, 0.15) is 11.4 Å². The van der Waals surface area contributed by atoms with E-state index in [2.05, 4.69) is 20.6 Å². The van der Waals surface area contributed by atoms with Crippen molar-refractivity contribution < 1.29 is 18.0 Å². The molecule has 1 aromatic carbocycles. The summed E-state index contributed by atoms with van der Waals surface area (Å²) in [6.45, 7) is 0.616. The standard InChI is InChI=1S/C21H25F3N6O/c1-30-9-8-12-10-15(6-7-16(12)19(30)31)28-20-26-11-17(21(22,23)24)18(29-20)27-14-4-2-13(25)3-5-14/h6-7,10-11,13-14H,2-5,8-9,25H2,1H3,(H2,26,27,28,29). The van der Waals surface area contributed by atoms with Crippen molar-refractivity contribution in [2.45, 2.75) is 50.4 Å². The zero-order chi connectivity index (χ0) is 22.2. The number of benzene rings is 1. The molecule has 0 atom stereocenters. The summed E-state index contributed by atoms with van der Waals surface area (Å²) >= 11 is 0. The minimum atomic E-state index is -4.57. The number of halogens is 3. The molecule has 1 aromatic heterocycles. The van der Waals surface area contributed by atoms with Gasteiger partial charge >= 0.3 is 6.18 Å². The molecular formula is C21H25F3N6O. The van der Waals surface area contributed by atoms with E-state index in [1.165, 1.54) is 0 Å². The van der Waals surface area contributed by atoms with E-state index < -0.39 is 11.7 Å². The van der Waals surface area contributed by atoms with Gasteiger partial charge < -0.3 is 21.3 Å². The first-order valence-electron chi connectivity index (χ1n) is 10.3. The Hall–Kier alpha value is -2.88. The van der Waals surface area contributed by atoms with Gasteiger partial charge in [0.05, 0.1) is 0 Å². The van der Waals surface area contributed by atoms with Gasteiger partial charge in [-0.1, -0.05) is 0 Å². The van der Waals surface area contributed by atoms with E-state index >= 15 is 0 Å². The molecule has 166 valence electrons. The van der Waals surface area contributed by atoms with Crippen LogP contribution in [0.15, 0.2) is 24.4 Å². The van der Waals surface area contributed by atoms with Crippen LogP contribution in [-0.4, -0.2) is 46.5 Å². The minimum absolute atomic E-state index is 0.0442. The van der Waals surface area contributed by atoms with Gasteiger partial charge in [-0.2, -0.15) is 18.2 Å². The summed E-state index contributed by atoms with van der Waals surface area (Å²) in [5.74, 6) is -0.222. The summed E-state index contributed by atoms with van der Waals surface area (Å²) in [5.41, 5.74) is 7.13. The van der Waals surface area contributed by atoms with Crippen molar-refractivity contribution >= 4 is 23.4 Å². The smallest absolute Gasteiger partial charge is 0.367 e.